The van der Waals surface area contributed by atoms with Crippen molar-refractivity contribution in [2.75, 3.05) is 13.7 Å². The third-order valence-corrected chi connectivity index (χ3v) is 2.66. The molecule has 0 fully saturated rings. The van der Waals surface area contributed by atoms with E-state index >= 15 is 0 Å². The summed E-state index contributed by atoms with van der Waals surface area (Å²) in [6.07, 6.45) is 3.47. The summed E-state index contributed by atoms with van der Waals surface area (Å²) in [5, 5.41) is 7.69. The lowest BCUT2D eigenvalue weighted by Gasteiger charge is -2.12. The number of nitrogens with two attached hydrogens (primary N) is 2. The van der Waals surface area contributed by atoms with E-state index in [1.807, 2.05) is 0 Å². The number of methoxy groups -OCH3 is 1. The number of unbranched alkanes of at least 4 members (excludes halogenated alkanes) is 1. The van der Waals surface area contributed by atoms with Gasteiger partial charge < -0.3 is 20.9 Å². The Morgan fingerprint density at radius 3 is 2.75 bits per heavy atom. The molecule has 0 atom stereocenters. The van der Waals surface area contributed by atoms with E-state index in [1.165, 1.54) is 6.21 Å². The molecule has 7 heteroatoms. The largest absolute Gasteiger partial charge is 0.493 e. The zero-order chi connectivity index (χ0) is 15.0. The Labute approximate surface area is 123 Å². The van der Waals surface area contributed by atoms with Crippen LogP contribution in [0.5, 0.6) is 11.5 Å². The topological polar surface area (TPSA) is 95.2 Å². The van der Waals surface area contributed by atoms with Gasteiger partial charge in [0.05, 0.1) is 25.0 Å². The summed E-state index contributed by atoms with van der Waals surface area (Å²) in [6.45, 7) is 2.68. The minimum absolute atomic E-state index is 0.112. The lowest BCUT2D eigenvalue weighted by Crippen LogP contribution is -2.21. The molecular formula is C13H19ClN4O2. The molecule has 0 bridgehead atoms. The highest BCUT2D eigenvalue weighted by Crippen LogP contribution is 2.36. The normalized spacial score (nSPS) is 10.6. The summed E-state index contributed by atoms with van der Waals surface area (Å²) in [4.78, 5) is 0. The average Bonchev–Trinajstić information content (AvgIpc) is 2.40. The molecule has 110 valence electrons. The predicted molar refractivity (Wildman–Crippen MR) is 81.8 cm³/mol. The molecule has 0 saturated heterocycles. The van der Waals surface area contributed by atoms with Crippen LogP contribution >= 0.6 is 11.6 Å². The first-order valence-corrected chi connectivity index (χ1v) is 6.58. The van der Waals surface area contributed by atoms with Crippen molar-refractivity contribution in [2.45, 2.75) is 19.8 Å². The quantitative estimate of drug-likeness (QED) is 0.349. The van der Waals surface area contributed by atoms with Gasteiger partial charge in [-0.1, -0.05) is 24.9 Å². The standard InChI is InChI=1S/C13H19ClN4O2/c1-3-4-5-20-12-10(14)6-9(7-11(12)19-2)8-17-18-13(15)16/h6-8H,3-5H2,1-2H3,(H4,15,16,18). The van der Waals surface area contributed by atoms with E-state index in [2.05, 4.69) is 17.1 Å². The Hall–Kier alpha value is -1.95. The number of hydrogen-bond acceptors (Lipinski definition) is 4. The van der Waals surface area contributed by atoms with Crippen molar-refractivity contribution < 1.29 is 9.47 Å². The Balaban J connectivity index is 2.94. The number of guanidine groups is 1. The van der Waals surface area contributed by atoms with E-state index in [0.717, 1.165) is 12.8 Å². The van der Waals surface area contributed by atoms with Crippen LogP contribution in [-0.4, -0.2) is 25.9 Å². The number of benzene rings is 1. The smallest absolute Gasteiger partial charge is 0.211 e. The third kappa shape index (κ3) is 4.97. The van der Waals surface area contributed by atoms with Gasteiger partial charge in [-0.2, -0.15) is 5.10 Å². The van der Waals surface area contributed by atoms with E-state index in [-0.39, 0.29) is 5.96 Å². The second-order valence-electron chi connectivity index (χ2n) is 4.01. The van der Waals surface area contributed by atoms with Crippen LogP contribution in [0, 0.1) is 0 Å². The van der Waals surface area contributed by atoms with Crippen molar-refractivity contribution in [3.05, 3.63) is 22.7 Å². The first kappa shape index (κ1) is 16.1. The Morgan fingerprint density at radius 2 is 2.15 bits per heavy atom. The summed E-state index contributed by atoms with van der Waals surface area (Å²) in [7, 11) is 1.55. The van der Waals surface area contributed by atoms with Crippen LogP contribution in [0.25, 0.3) is 0 Å². The van der Waals surface area contributed by atoms with Crippen LogP contribution in [0.2, 0.25) is 5.02 Å². The lowest BCUT2D eigenvalue weighted by molar-refractivity contribution is 0.288. The Morgan fingerprint density at radius 1 is 1.40 bits per heavy atom. The monoisotopic (exact) mass is 298 g/mol. The first-order valence-electron chi connectivity index (χ1n) is 6.20. The van der Waals surface area contributed by atoms with Gasteiger partial charge in [0.25, 0.3) is 0 Å². The minimum atomic E-state index is -0.112. The molecule has 0 unspecified atom stereocenters. The van der Waals surface area contributed by atoms with Gasteiger partial charge in [-0.05, 0) is 18.6 Å². The van der Waals surface area contributed by atoms with Gasteiger partial charge in [0.2, 0.25) is 5.96 Å². The zero-order valence-electron chi connectivity index (χ0n) is 11.6. The van der Waals surface area contributed by atoms with Crippen molar-refractivity contribution in [3.63, 3.8) is 0 Å². The highest BCUT2D eigenvalue weighted by atomic mass is 35.5. The fraction of sp³-hybridized carbons (Fsp3) is 0.385. The molecule has 0 radical (unpaired) electrons. The number of ether oxygens (including phenoxy) is 2. The number of nitrogens with zero attached hydrogens (tertiary/aromatic N) is 2. The van der Waals surface area contributed by atoms with E-state index in [4.69, 9.17) is 32.5 Å². The molecule has 6 nitrogen and oxygen atoms in total. The van der Waals surface area contributed by atoms with Crippen LogP contribution < -0.4 is 20.9 Å². The van der Waals surface area contributed by atoms with Crippen molar-refractivity contribution >= 4 is 23.8 Å². The highest BCUT2D eigenvalue weighted by molar-refractivity contribution is 6.32. The van der Waals surface area contributed by atoms with E-state index < -0.39 is 0 Å². The maximum atomic E-state index is 6.18. The third-order valence-electron chi connectivity index (χ3n) is 2.38. The van der Waals surface area contributed by atoms with Crippen LogP contribution in [0.15, 0.2) is 22.3 Å². The molecule has 0 saturated carbocycles. The molecular weight excluding hydrogens is 280 g/mol. The van der Waals surface area contributed by atoms with Crippen molar-refractivity contribution in [2.24, 2.45) is 21.7 Å². The molecule has 4 N–H and O–H groups in total. The van der Waals surface area contributed by atoms with Crippen molar-refractivity contribution in [1.29, 1.82) is 0 Å². The molecule has 1 rings (SSSR count). The minimum Gasteiger partial charge on any atom is -0.493 e. The highest BCUT2D eigenvalue weighted by Gasteiger charge is 2.11. The molecule has 0 aromatic heterocycles. The second kappa shape index (κ2) is 8.27. The molecule has 20 heavy (non-hydrogen) atoms. The SMILES string of the molecule is CCCCOc1c(Cl)cc(C=NN=C(N)N)cc1OC. The molecule has 0 heterocycles. The summed E-state index contributed by atoms with van der Waals surface area (Å²) in [5.41, 5.74) is 11.1. The fourth-order valence-corrected chi connectivity index (χ4v) is 1.71. The van der Waals surface area contributed by atoms with Crippen LogP contribution in [0.4, 0.5) is 0 Å². The number of hydrogen-bond donors (Lipinski definition) is 2. The Bertz CT molecular complexity index is 499. The van der Waals surface area contributed by atoms with Crippen LogP contribution in [0.1, 0.15) is 25.3 Å². The lowest BCUT2D eigenvalue weighted by atomic mass is 10.2. The van der Waals surface area contributed by atoms with Gasteiger partial charge in [-0.15, -0.1) is 5.10 Å². The van der Waals surface area contributed by atoms with Gasteiger partial charge in [-0.25, -0.2) is 0 Å². The fourth-order valence-electron chi connectivity index (χ4n) is 1.44. The zero-order valence-corrected chi connectivity index (χ0v) is 12.4. The van der Waals surface area contributed by atoms with Gasteiger partial charge in [0.1, 0.15) is 0 Å². The predicted octanol–water partition coefficient (Wildman–Crippen LogP) is 2.13. The molecule has 0 aliphatic rings. The van der Waals surface area contributed by atoms with Crippen LogP contribution in [0.3, 0.4) is 0 Å². The van der Waals surface area contributed by atoms with E-state index in [9.17, 15) is 0 Å². The summed E-state index contributed by atoms with van der Waals surface area (Å²) >= 11 is 6.18. The molecule has 0 spiro atoms. The summed E-state index contributed by atoms with van der Waals surface area (Å²) in [5.74, 6) is 0.959. The van der Waals surface area contributed by atoms with Gasteiger partial charge in [-0.3, -0.25) is 0 Å². The van der Waals surface area contributed by atoms with E-state index in [1.54, 1.807) is 19.2 Å². The van der Waals surface area contributed by atoms with Gasteiger partial charge >= 0.3 is 0 Å². The average molecular weight is 299 g/mol. The molecule has 0 aliphatic carbocycles. The summed E-state index contributed by atoms with van der Waals surface area (Å²) in [6, 6.07) is 3.45. The van der Waals surface area contributed by atoms with Crippen molar-refractivity contribution in [3.8, 4) is 11.5 Å². The van der Waals surface area contributed by atoms with Crippen molar-refractivity contribution in [1.82, 2.24) is 0 Å². The molecule has 1 aromatic rings. The number of rotatable bonds is 7. The maximum Gasteiger partial charge on any atom is 0.211 e. The molecule has 1 aromatic carbocycles. The Kier molecular flexibility index (Phi) is 6.66. The van der Waals surface area contributed by atoms with Gasteiger partial charge in [0.15, 0.2) is 11.5 Å². The van der Waals surface area contributed by atoms with Gasteiger partial charge in [0, 0.05) is 5.56 Å². The molecule has 0 amide bonds. The van der Waals surface area contributed by atoms with E-state index in [0.29, 0.717) is 28.7 Å². The second-order valence-corrected chi connectivity index (χ2v) is 4.41. The molecule has 0 aliphatic heterocycles. The first-order chi connectivity index (χ1) is 9.58. The number of halogens is 1. The van der Waals surface area contributed by atoms with Crippen LogP contribution in [-0.2, 0) is 0 Å². The maximum absolute atomic E-state index is 6.18. The summed E-state index contributed by atoms with van der Waals surface area (Å²) < 4.78 is 10.9.